The lowest BCUT2D eigenvalue weighted by molar-refractivity contribution is 0.404. The molecule has 0 amide bonds. The molecule has 0 bridgehead atoms. The molecule has 0 saturated carbocycles. The minimum Gasteiger partial charge on any atom is -0.504 e. The van der Waals surface area contributed by atoms with Crippen LogP contribution in [0.4, 0.5) is 22.7 Å². The van der Waals surface area contributed by atoms with E-state index in [2.05, 4.69) is 20.5 Å². The Labute approximate surface area is 250 Å². The van der Waals surface area contributed by atoms with Crippen molar-refractivity contribution in [1.29, 1.82) is 0 Å². The number of phenols is 4. The number of nitrogens with zero attached hydrogens (tertiary/aromatic N) is 4. The van der Waals surface area contributed by atoms with Gasteiger partial charge in [-0.15, -0.1) is 0 Å². The van der Waals surface area contributed by atoms with E-state index in [9.17, 15) is 46.4 Å². The van der Waals surface area contributed by atoms with Crippen LogP contribution in [0.5, 0.6) is 23.0 Å². The molecule has 0 aliphatic rings. The van der Waals surface area contributed by atoms with Crippen molar-refractivity contribution < 1.29 is 46.4 Å². The summed E-state index contributed by atoms with van der Waals surface area (Å²) in [6, 6.07) is 14.6. The molecule has 44 heavy (non-hydrogen) atoms. The average molecular weight is 647 g/mol. The summed E-state index contributed by atoms with van der Waals surface area (Å²) in [4.78, 5) is -1.17. The molecule has 0 atom stereocenters. The third-order valence-corrected chi connectivity index (χ3v) is 7.29. The van der Waals surface area contributed by atoms with E-state index in [0.29, 0.717) is 0 Å². The molecule has 16 nitrogen and oxygen atoms in total. The van der Waals surface area contributed by atoms with Crippen LogP contribution in [0.25, 0.3) is 12.2 Å². The lowest BCUT2D eigenvalue weighted by Gasteiger charge is -2.06. The first kappa shape index (κ1) is 35.0. The summed E-state index contributed by atoms with van der Waals surface area (Å²) in [6.07, 6.45) is 2.37. The molecular weight excluding hydrogens is 620 g/mol. The van der Waals surface area contributed by atoms with Crippen LogP contribution >= 0.6 is 0 Å². The van der Waals surface area contributed by atoms with E-state index < -0.39 is 41.5 Å². The third kappa shape index (κ3) is 8.64. The summed E-state index contributed by atoms with van der Waals surface area (Å²) in [5.74, 6) is -1.62. The molecule has 0 aliphatic heterocycles. The van der Waals surface area contributed by atoms with Gasteiger partial charge < -0.3 is 32.7 Å². The van der Waals surface area contributed by atoms with Crippen molar-refractivity contribution in [3.8, 4) is 23.0 Å². The van der Waals surface area contributed by atoms with Crippen LogP contribution in [0.15, 0.2) is 103 Å². The average Bonchev–Trinajstić information content (AvgIpc) is 2.92. The van der Waals surface area contributed by atoms with Crippen LogP contribution in [0, 0.1) is 0 Å². The molecule has 0 unspecified atom stereocenters. The molecule has 0 heterocycles. The second kappa shape index (κ2) is 13.8. The molecule has 232 valence electrons. The Morgan fingerprint density at radius 2 is 0.750 bits per heavy atom. The van der Waals surface area contributed by atoms with E-state index in [1.807, 2.05) is 0 Å². The minimum atomic E-state index is -4.79. The fourth-order valence-electron chi connectivity index (χ4n) is 3.45. The third-order valence-electron chi connectivity index (χ3n) is 5.47. The Hall–Kier alpha value is -5.24. The van der Waals surface area contributed by atoms with E-state index >= 15 is 0 Å². The van der Waals surface area contributed by atoms with Gasteiger partial charge in [-0.2, -0.15) is 37.3 Å². The standard InChI is InChI=1S/C26H20N4O10S2.2H3N/c31-21-9-7-17(11-23(21)33)27-29-19-5-3-15(25(13-19)41(35,36)37)1-2-16-4-6-20(14-26(16)42(38,39)40)30-28-18-8-10-22(32)24(34)12-18;;/h1-14,31-34H,(H,35,36,37)(H,38,39,40);2*1H3/b2-1+,29-27?,30-28?;;. The highest BCUT2D eigenvalue weighted by Crippen LogP contribution is 2.33. The first-order valence-corrected chi connectivity index (χ1v) is 14.4. The number of rotatable bonds is 8. The van der Waals surface area contributed by atoms with Crippen molar-refractivity contribution in [3.63, 3.8) is 0 Å². The van der Waals surface area contributed by atoms with Gasteiger partial charge in [-0.1, -0.05) is 24.3 Å². The van der Waals surface area contributed by atoms with E-state index in [1.165, 1.54) is 60.7 Å². The highest BCUT2D eigenvalue weighted by molar-refractivity contribution is 7.86. The second-order valence-corrected chi connectivity index (χ2v) is 11.3. The van der Waals surface area contributed by atoms with Gasteiger partial charge in [0.15, 0.2) is 23.0 Å². The predicted molar refractivity (Wildman–Crippen MR) is 159 cm³/mol. The van der Waals surface area contributed by atoms with Crippen LogP contribution < -0.4 is 12.3 Å². The van der Waals surface area contributed by atoms with E-state index in [0.717, 1.165) is 24.3 Å². The molecule has 0 aliphatic carbocycles. The molecular formula is C26H26N6O10S2. The number of azo groups is 2. The highest BCUT2D eigenvalue weighted by Gasteiger charge is 2.18. The molecule has 0 aromatic heterocycles. The van der Waals surface area contributed by atoms with Crippen molar-refractivity contribution in [2.75, 3.05) is 0 Å². The van der Waals surface area contributed by atoms with Crippen LogP contribution in [-0.2, 0) is 20.2 Å². The Morgan fingerprint density at radius 3 is 1.05 bits per heavy atom. The van der Waals surface area contributed by atoms with Crippen LogP contribution in [-0.4, -0.2) is 46.4 Å². The van der Waals surface area contributed by atoms with Gasteiger partial charge in [-0.3, -0.25) is 9.11 Å². The number of hydrogen-bond acceptors (Lipinski definition) is 14. The van der Waals surface area contributed by atoms with Crippen LogP contribution in [0.2, 0.25) is 0 Å². The number of benzene rings is 4. The molecule has 4 rings (SSSR count). The Bertz CT molecular complexity index is 1850. The van der Waals surface area contributed by atoms with Gasteiger partial charge in [-0.25, -0.2) is 0 Å². The predicted octanol–water partition coefficient (Wildman–Crippen LogP) is 6.33. The maximum atomic E-state index is 12.1. The van der Waals surface area contributed by atoms with Gasteiger partial charge in [0.2, 0.25) is 0 Å². The highest BCUT2D eigenvalue weighted by atomic mass is 32.2. The van der Waals surface area contributed by atoms with E-state index in [4.69, 9.17) is 0 Å². The zero-order valence-electron chi connectivity index (χ0n) is 22.4. The van der Waals surface area contributed by atoms with Crippen LogP contribution in [0.3, 0.4) is 0 Å². The molecule has 4 aromatic rings. The molecule has 0 radical (unpaired) electrons. The zero-order chi connectivity index (χ0) is 30.7. The lowest BCUT2D eigenvalue weighted by atomic mass is 10.1. The fourth-order valence-corrected chi connectivity index (χ4v) is 4.86. The van der Waals surface area contributed by atoms with Gasteiger partial charge in [0.1, 0.15) is 9.79 Å². The number of hydrogen-bond donors (Lipinski definition) is 8. The van der Waals surface area contributed by atoms with E-state index in [1.54, 1.807) is 0 Å². The second-order valence-electron chi connectivity index (χ2n) is 8.47. The lowest BCUT2D eigenvalue weighted by Crippen LogP contribution is -2.01. The Kier molecular flexibility index (Phi) is 11.0. The summed E-state index contributed by atoms with van der Waals surface area (Å²) in [7, 11) is -9.59. The van der Waals surface area contributed by atoms with Crippen molar-refractivity contribution in [2.45, 2.75) is 9.79 Å². The maximum Gasteiger partial charge on any atom is 0.295 e. The van der Waals surface area contributed by atoms with Crippen molar-refractivity contribution in [3.05, 3.63) is 83.9 Å². The minimum absolute atomic E-state index is 0. The summed E-state index contributed by atoms with van der Waals surface area (Å²) in [5.41, 5.74) is 0.173. The van der Waals surface area contributed by atoms with Gasteiger partial charge in [0.25, 0.3) is 20.2 Å². The summed E-state index contributed by atoms with van der Waals surface area (Å²) >= 11 is 0. The van der Waals surface area contributed by atoms with Gasteiger partial charge in [0, 0.05) is 12.1 Å². The maximum absolute atomic E-state index is 12.1. The molecule has 4 aromatic carbocycles. The summed E-state index contributed by atoms with van der Waals surface area (Å²) in [5, 5.41) is 53.3. The molecule has 12 N–H and O–H groups in total. The Balaban J connectivity index is 0.00000337. The van der Waals surface area contributed by atoms with Gasteiger partial charge in [-0.05, 0) is 59.7 Å². The molecule has 0 saturated heterocycles. The van der Waals surface area contributed by atoms with Gasteiger partial charge >= 0.3 is 0 Å². The smallest absolute Gasteiger partial charge is 0.295 e. The van der Waals surface area contributed by atoms with Crippen molar-refractivity contribution >= 4 is 55.1 Å². The summed E-state index contributed by atoms with van der Waals surface area (Å²) in [6.45, 7) is 0. The largest absolute Gasteiger partial charge is 0.504 e. The summed E-state index contributed by atoms with van der Waals surface area (Å²) < 4.78 is 67.8. The number of aromatic hydroxyl groups is 4. The SMILES string of the molecule is N.N.O=S(=O)(O)c1cc(N=Nc2ccc(O)c(O)c2)ccc1/C=C/c1ccc(N=Nc2ccc(O)c(O)c2)cc1S(=O)(=O)O. The van der Waals surface area contributed by atoms with Crippen molar-refractivity contribution in [2.24, 2.45) is 20.5 Å². The topological polar surface area (TPSA) is 309 Å². The monoisotopic (exact) mass is 646 g/mol. The zero-order valence-corrected chi connectivity index (χ0v) is 24.1. The van der Waals surface area contributed by atoms with Crippen LogP contribution in [0.1, 0.15) is 11.1 Å². The van der Waals surface area contributed by atoms with Gasteiger partial charge in [0.05, 0.1) is 22.7 Å². The first-order valence-electron chi connectivity index (χ1n) is 11.5. The quantitative estimate of drug-likeness (QED) is 0.0450. The first-order chi connectivity index (χ1) is 19.7. The van der Waals surface area contributed by atoms with E-state index in [-0.39, 0.29) is 57.7 Å². The normalized spacial score (nSPS) is 12.0. The Morgan fingerprint density at radius 1 is 0.455 bits per heavy atom. The molecule has 18 heteroatoms. The van der Waals surface area contributed by atoms with Crippen molar-refractivity contribution in [1.82, 2.24) is 12.3 Å². The molecule has 0 fully saturated rings. The molecule has 0 spiro atoms. The number of phenolic OH excluding ortho intramolecular Hbond substituents is 4. The fraction of sp³-hybridized carbons (Fsp3) is 0.